The van der Waals surface area contributed by atoms with Crippen molar-refractivity contribution in [3.05, 3.63) is 65.7 Å². The fourth-order valence-corrected chi connectivity index (χ4v) is 6.05. The number of nitrogens with one attached hydrogen (secondary N) is 2. The molecular formula is C24H28F3N3O3S. The standard InChI is InChI=1S/C24H28F3N3O3S/c25-24(26,27)19-8-12-21(13-9-19)34(32,33)29-20-10-6-18(7-11-20)23(31)30-15-14-28-16-22(30)17-4-2-1-3-5-17/h1-5,8-9,12-13,18,20,22,28-29H,6-7,10-11,14-16H2/t18-,20-,22-/m1/s1. The van der Waals surface area contributed by atoms with Crippen LogP contribution in [0.15, 0.2) is 59.5 Å². The topological polar surface area (TPSA) is 78.5 Å². The van der Waals surface area contributed by atoms with E-state index in [4.69, 9.17) is 0 Å². The van der Waals surface area contributed by atoms with Gasteiger partial charge in [-0.2, -0.15) is 13.2 Å². The fourth-order valence-electron chi connectivity index (χ4n) is 4.74. The molecule has 1 aliphatic heterocycles. The second-order valence-electron chi connectivity index (χ2n) is 8.85. The van der Waals surface area contributed by atoms with Crippen molar-refractivity contribution in [2.75, 3.05) is 19.6 Å². The van der Waals surface area contributed by atoms with Gasteiger partial charge in [-0.15, -0.1) is 0 Å². The summed E-state index contributed by atoms with van der Waals surface area (Å²) in [6, 6.07) is 13.0. The molecule has 0 aromatic heterocycles. The first-order valence-electron chi connectivity index (χ1n) is 11.4. The summed E-state index contributed by atoms with van der Waals surface area (Å²) < 4.78 is 66.1. The number of piperazine rings is 1. The Morgan fingerprint density at radius 1 is 0.971 bits per heavy atom. The molecule has 1 aliphatic carbocycles. The lowest BCUT2D eigenvalue weighted by molar-refractivity contribution is -0.140. The van der Waals surface area contributed by atoms with E-state index in [1.807, 2.05) is 35.2 Å². The lowest BCUT2D eigenvalue weighted by atomic mass is 9.85. The minimum atomic E-state index is -4.52. The van der Waals surface area contributed by atoms with Gasteiger partial charge >= 0.3 is 6.18 Å². The molecule has 10 heteroatoms. The molecule has 2 N–H and O–H groups in total. The number of sulfonamides is 1. The first-order chi connectivity index (χ1) is 16.1. The number of hydrogen-bond acceptors (Lipinski definition) is 4. The minimum Gasteiger partial charge on any atom is -0.333 e. The number of rotatable bonds is 5. The fraction of sp³-hybridized carbons (Fsp3) is 0.458. The molecule has 1 atom stereocenters. The van der Waals surface area contributed by atoms with Gasteiger partial charge in [-0.1, -0.05) is 30.3 Å². The van der Waals surface area contributed by atoms with Crippen LogP contribution in [0.25, 0.3) is 0 Å². The Morgan fingerprint density at radius 2 is 1.62 bits per heavy atom. The van der Waals surface area contributed by atoms with Crippen LogP contribution in [0.4, 0.5) is 13.2 Å². The van der Waals surface area contributed by atoms with Crippen molar-refractivity contribution in [2.45, 2.75) is 48.8 Å². The van der Waals surface area contributed by atoms with Crippen LogP contribution in [-0.4, -0.2) is 44.9 Å². The van der Waals surface area contributed by atoms with E-state index in [2.05, 4.69) is 10.0 Å². The van der Waals surface area contributed by atoms with Gasteiger partial charge in [0.05, 0.1) is 16.5 Å². The summed E-state index contributed by atoms with van der Waals surface area (Å²) in [6.45, 7) is 2.05. The van der Waals surface area contributed by atoms with E-state index >= 15 is 0 Å². The molecule has 2 fully saturated rings. The van der Waals surface area contributed by atoms with Crippen molar-refractivity contribution >= 4 is 15.9 Å². The van der Waals surface area contributed by atoms with Crippen LogP contribution in [0.2, 0.25) is 0 Å². The minimum absolute atomic E-state index is 0.0293. The summed E-state index contributed by atoms with van der Waals surface area (Å²) in [5.74, 6) is -0.0736. The molecule has 0 spiro atoms. The molecule has 1 heterocycles. The molecule has 0 bridgehead atoms. The summed E-state index contributed by atoms with van der Waals surface area (Å²) in [4.78, 5) is 15.1. The Kier molecular flexibility index (Phi) is 7.30. The summed E-state index contributed by atoms with van der Waals surface area (Å²) in [5.41, 5.74) is 0.188. The number of amides is 1. The largest absolute Gasteiger partial charge is 0.416 e. The van der Waals surface area contributed by atoms with E-state index in [0.29, 0.717) is 38.8 Å². The van der Waals surface area contributed by atoms with Gasteiger partial charge in [0.1, 0.15) is 0 Å². The number of alkyl halides is 3. The molecule has 6 nitrogen and oxygen atoms in total. The molecule has 0 unspecified atom stereocenters. The van der Waals surface area contributed by atoms with Crippen molar-refractivity contribution in [2.24, 2.45) is 5.92 Å². The van der Waals surface area contributed by atoms with Crippen molar-refractivity contribution < 1.29 is 26.4 Å². The average Bonchev–Trinajstić information content (AvgIpc) is 2.84. The van der Waals surface area contributed by atoms with Crippen LogP contribution in [-0.2, 0) is 21.0 Å². The molecule has 0 radical (unpaired) electrons. The van der Waals surface area contributed by atoms with Gasteiger partial charge < -0.3 is 10.2 Å². The maximum absolute atomic E-state index is 13.3. The van der Waals surface area contributed by atoms with Crippen molar-refractivity contribution in [3.8, 4) is 0 Å². The third-order valence-corrected chi connectivity index (χ3v) is 8.14. The summed E-state index contributed by atoms with van der Waals surface area (Å²) >= 11 is 0. The Morgan fingerprint density at radius 3 is 2.24 bits per heavy atom. The molecule has 184 valence electrons. The number of hydrogen-bond donors (Lipinski definition) is 2. The van der Waals surface area contributed by atoms with E-state index in [9.17, 15) is 26.4 Å². The monoisotopic (exact) mass is 495 g/mol. The highest BCUT2D eigenvalue weighted by Gasteiger charge is 2.36. The summed E-state index contributed by atoms with van der Waals surface area (Å²) in [7, 11) is -3.95. The number of carbonyl (C=O) groups is 1. The van der Waals surface area contributed by atoms with Gasteiger partial charge in [-0.25, -0.2) is 13.1 Å². The lowest BCUT2D eigenvalue weighted by Crippen LogP contribution is -2.51. The maximum Gasteiger partial charge on any atom is 0.416 e. The SMILES string of the molecule is O=C([C@H]1CC[C@H](NS(=O)(=O)c2ccc(C(F)(F)F)cc2)CC1)N1CCNC[C@@H]1c1ccccc1. The predicted molar refractivity (Wildman–Crippen MR) is 121 cm³/mol. The Balaban J connectivity index is 1.36. The zero-order valence-electron chi connectivity index (χ0n) is 18.6. The Bertz CT molecular complexity index is 1080. The Hall–Kier alpha value is -2.43. The first-order valence-corrected chi connectivity index (χ1v) is 12.9. The molecule has 2 aromatic carbocycles. The van der Waals surface area contributed by atoms with Crippen LogP contribution in [0, 0.1) is 5.92 Å². The molecule has 2 aromatic rings. The van der Waals surface area contributed by atoms with E-state index < -0.39 is 21.8 Å². The highest BCUT2D eigenvalue weighted by Crippen LogP contribution is 2.32. The second-order valence-corrected chi connectivity index (χ2v) is 10.6. The van der Waals surface area contributed by atoms with Crippen molar-refractivity contribution in [1.82, 2.24) is 14.9 Å². The Labute approximate surface area is 197 Å². The maximum atomic E-state index is 13.3. The van der Waals surface area contributed by atoms with Gasteiger partial charge in [0.15, 0.2) is 0 Å². The van der Waals surface area contributed by atoms with Crippen LogP contribution in [0.5, 0.6) is 0 Å². The van der Waals surface area contributed by atoms with Crippen molar-refractivity contribution in [1.29, 1.82) is 0 Å². The third-order valence-electron chi connectivity index (χ3n) is 6.60. The number of nitrogens with zero attached hydrogens (tertiary/aromatic N) is 1. The van der Waals surface area contributed by atoms with Gasteiger partial charge in [0.2, 0.25) is 15.9 Å². The van der Waals surface area contributed by atoms with Crippen LogP contribution in [0.3, 0.4) is 0 Å². The quantitative estimate of drug-likeness (QED) is 0.663. The molecule has 34 heavy (non-hydrogen) atoms. The third kappa shape index (κ3) is 5.61. The van der Waals surface area contributed by atoms with Gasteiger partial charge in [-0.05, 0) is 55.5 Å². The molecule has 1 saturated heterocycles. The summed E-state index contributed by atoms with van der Waals surface area (Å²) in [6.07, 6.45) is -2.41. The summed E-state index contributed by atoms with van der Waals surface area (Å²) in [5, 5.41) is 3.35. The molecule has 4 rings (SSSR count). The number of benzene rings is 2. The first kappa shape index (κ1) is 24.7. The van der Waals surface area contributed by atoms with Gasteiger partial charge in [0.25, 0.3) is 0 Å². The van der Waals surface area contributed by atoms with Crippen LogP contribution < -0.4 is 10.0 Å². The molecule has 2 aliphatic rings. The van der Waals surface area contributed by atoms with E-state index in [1.165, 1.54) is 0 Å². The molecule has 1 amide bonds. The zero-order valence-corrected chi connectivity index (χ0v) is 19.4. The average molecular weight is 496 g/mol. The van der Waals surface area contributed by atoms with Gasteiger partial charge in [0, 0.05) is 31.6 Å². The molecule has 1 saturated carbocycles. The smallest absolute Gasteiger partial charge is 0.333 e. The van der Waals surface area contributed by atoms with E-state index in [0.717, 1.165) is 36.4 Å². The lowest BCUT2D eigenvalue weighted by Gasteiger charge is -2.40. The predicted octanol–water partition coefficient (Wildman–Crippen LogP) is 3.72. The zero-order chi connectivity index (χ0) is 24.3. The highest BCUT2D eigenvalue weighted by molar-refractivity contribution is 7.89. The normalized spacial score (nSPS) is 24.1. The molecular weight excluding hydrogens is 467 g/mol. The highest BCUT2D eigenvalue weighted by atomic mass is 32.2. The van der Waals surface area contributed by atoms with E-state index in [-0.39, 0.29) is 28.8 Å². The number of halogens is 3. The van der Waals surface area contributed by atoms with Crippen LogP contribution >= 0.6 is 0 Å². The van der Waals surface area contributed by atoms with Gasteiger partial charge in [-0.3, -0.25) is 4.79 Å². The second kappa shape index (κ2) is 10.1. The van der Waals surface area contributed by atoms with Crippen molar-refractivity contribution in [3.63, 3.8) is 0 Å². The number of carbonyl (C=O) groups excluding carboxylic acids is 1. The van der Waals surface area contributed by atoms with E-state index in [1.54, 1.807) is 0 Å². The van der Waals surface area contributed by atoms with Crippen LogP contribution in [0.1, 0.15) is 42.9 Å².